The summed E-state index contributed by atoms with van der Waals surface area (Å²) in [6, 6.07) is 11.1. The first-order chi connectivity index (χ1) is 8.81. The molecular weight excluding hydrogens is 222 g/mol. The second-order valence-corrected chi connectivity index (χ2v) is 5.85. The summed E-state index contributed by atoms with van der Waals surface area (Å²) >= 11 is 0. The Labute approximate surface area is 110 Å². The first-order valence-corrected chi connectivity index (χ1v) is 7.24. The highest BCUT2D eigenvalue weighted by Gasteiger charge is 2.44. The highest BCUT2D eigenvalue weighted by atomic mass is 16.5. The van der Waals surface area contributed by atoms with Gasteiger partial charge in [-0.1, -0.05) is 36.8 Å². The molecule has 98 valence electrons. The van der Waals surface area contributed by atoms with Crippen LogP contribution in [0, 0.1) is 0 Å². The average Bonchev–Trinajstić information content (AvgIpc) is 2.82. The summed E-state index contributed by atoms with van der Waals surface area (Å²) in [6.07, 6.45) is 7.62. The molecule has 0 spiro atoms. The minimum absolute atomic E-state index is 0.229. The lowest BCUT2D eigenvalue weighted by atomic mass is 9.59. The summed E-state index contributed by atoms with van der Waals surface area (Å²) in [5.74, 6) is 0. The van der Waals surface area contributed by atoms with E-state index in [1.807, 2.05) is 0 Å². The van der Waals surface area contributed by atoms with Gasteiger partial charge in [0.25, 0.3) is 0 Å². The molecule has 2 aliphatic rings. The molecule has 2 unspecified atom stereocenters. The summed E-state index contributed by atoms with van der Waals surface area (Å²) in [5, 5.41) is 0. The van der Waals surface area contributed by atoms with Gasteiger partial charge < -0.3 is 10.5 Å². The molecule has 0 amide bonds. The van der Waals surface area contributed by atoms with Gasteiger partial charge in [-0.25, -0.2) is 0 Å². The van der Waals surface area contributed by atoms with Crippen LogP contribution in [0.1, 0.15) is 44.1 Å². The zero-order valence-corrected chi connectivity index (χ0v) is 11.0. The molecule has 1 saturated heterocycles. The quantitative estimate of drug-likeness (QED) is 0.885. The molecule has 2 N–H and O–H groups in total. The number of nitrogens with two attached hydrogens (primary N) is 1. The highest BCUT2D eigenvalue weighted by molar-refractivity contribution is 5.30. The average molecular weight is 245 g/mol. The van der Waals surface area contributed by atoms with Gasteiger partial charge >= 0.3 is 0 Å². The Bertz CT molecular complexity index is 379. The van der Waals surface area contributed by atoms with E-state index in [0.29, 0.717) is 6.10 Å². The molecule has 3 rings (SSSR count). The fraction of sp³-hybridized carbons (Fsp3) is 0.625. The maximum absolute atomic E-state index is 6.55. The van der Waals surface area contributed by atoms with Crippen molar-refractivity contribution in [2.75, 3.05) is 6.61 Å². The van der Waals surface area contributed by atoms with Gasteiger partial charge in [-0.05, 0) is 37.7 Å². The molecule has 2 fully saturated rings. The standard InChI is InChI=1S/C16H23NO/c17-15(12-14-8-4-11-18-14)16(9-5-10-16)13-6-2-1-3-7-13/h1-3,6-7,14-15H,4-5,8-12,17H2. The van der Waals surface area contributed by atoms with Crippen LogP contribution in [0.25, 0.3) is 0 Å². The molecule has 1 aromatic carbocycles. The molecule has 2 atom stereocenters. The van der Waals surface area contributed by atoms with Crippen LogP contribution >= 0.6 is 0 Å². The predicted octanol–water partition coefficient (Wildman–Crippen LogP) is 3.00. The second kappa shape index (κ2) is 5.02. The zero-order valence-electron chi connectivity index (χ0n) is 11.0. The lowest BCUT2D eigenvalue weighted by Crippen LogP contribution is -2.51. The fourth-order valence-corrected chi connectivity index (χ4v) is 3.54. The Morgan fingerprint density at radius 3 is 2.56 bits per heavy atom. The summed E-state index contributed by atoms with van der Waals surface area (Å²) < 4.78 is 5.74. The van der Waals surface area contributed by atoms with Crippen molar-refractivity contribution in [3.8, 4) is 0 Å². The summed E-state index contributed by atoms with van der Waals surface area (Å²) in [6.45, 7) is 0.926. The Morgan fingerprint density at radius 1 is 1.22 bits per heavy atom. The van der Waals surface area contributed by atoms with Crippen molar-refractivity contribution in [2.45, 2.75) is 56.1 Å². The van der Waals surface area contributed by atoms with Gasteiger partial charge in [0.2, 0.25) is 0 Å². The minimum atomic E-state index is 0.229. The van der Waals surface area contributed by atoms with Crippen LogP contribution in [0.2, 0.25) is 0 Å². The number of hydrogen-bond acceptors (Lipinski definition) is 2. The third-order valence-corrected chi connectivity index (χ3v) is 4.85. The van der Waals surface area contributed by atoms with Crippen LogP contribution in [0.15, 0.2) is 30.3 Å². The fourth-order valence-electron chi connectivity index (χ4n) is 3.54. The maximum Gasteiger partial charge on any atom is 0.0591 e. The number of benzene rings is 1. The van der Waals surface area contributed by atoms with E-state index in [1.54, 1.807) is 0 Å². The van der Waals surface area contributed by atoms with Gasteiger partial charge in [0, 0.05) is 18.1 Å². The third-order valence-electron chi connectivity index (χ3n) is 4.85. The van der Waals surface area contributed by atoms with Gasteiger partial charge in [0.05, 0.1) is 6.10 Å². The lowest BCUT2D eigenvalue weighted by Gasteiger charge is -2.47. The Hall–Kier alpha value is -0.860. The van der Waals surface area contributed by atoms with Gasteiger partial charge in [-0.2, -0.15) is 0 Å². The van der Waals surface area contributed by atoms with E-state index in [2.05, 4.69) is 30.3 Å². The van der Waals surface area contributed by atoms with Crippen molar-refractivity contribution < 1.29 is 4.74 Å². The lowest BCUT2D eigenvalue weighted by molar-refractivity contribution is 0.0756. The van der Waals surface area contributed by atoms with E-state index < -0.39 is 0 Å². The molecule has 0 radical (unpaired) electrons. The normalized spacial score (nSPS) is 27.7. The smallest absolute Gasteiger partial charge is 0.0591 e. The minimum Gasteiger partial charge on any atom is -0.378 e. The van der Waals surface area contributed by atoms with E-state index >= 15 is 0 Å². The second-order valence-electron chi connectivity index (χ2n) is 5.85. The van der Waals surface area contributed by atoms with E-state index in [4.69, 9.17) is 10.5 Å². The molecule has 1 aromatic rings. The van der Waals surface area contributed by atoms with E-state index in [0.717, 1.165) is 13.0 Å². The first-order valence-electron chi connectivity index (χ1n) is 7.24. The Kier molecular flexibility index (Phi) is 3.40. The SMILES string of the molecule is NC(CC1CCCO1)C1(c2ccccc2)CCC1. The molecule has 0 bridgehead atoms. The van der Waals surface area contributed by atoms with Crippen molar-refractivity contribution in [1.29, 1.82) is 0 Å². The number of ether oxygens (including phenoxy) is 1. The topological polar surface area (TPSA) is 35.2 Å². The van der Waals surface area contributed by atoms with Crippen molar-refractivity contribution in [3.05, 3.63) is 35.9 Å². The van der Waals surface area contributed by atoms with Crippen LogP contribution in [0.3, 0.4) is 0 Å². The third kappa shape index (κ3) is 2.08. The monoisotopic (exact) mass is 245 g/mol. The van der Waals surface area contributed by atoms with Crippen molar-refractivity contribution >= 4 is 0 Å². The van der Waals surface area contributed by atoms with E-state index in [1.165, 1.54) is 37.7 Å². The van der Waals surface area contributed by atoms with Crippen LogP contribution in [-0.4, -0.2) is 18.8 Å². The van der Waals surface area contributed by atoms with Crippen LogP contribution in [0.5, 0.6) is 0 Å². The highest BCUT2D eigenvalue weighted by Crippen LogP contribution is 2.47. The molecule has 0 aromatic heterocycles. The van der Waals surface area contributed by atoms with Crippen molar-refractivity contribution in [3.63, 3.8) is 0 Å². The molecule has 2 heteroatoms. The molecular formula is C16H23NO. The Morgan fingerprint density at radius 2 is 2.00 bits per heavy atom. The Balaban J connectivity index is 1.74. The van der Waals surface area contributed by atoms with Crippen LogP contribution in [-0.2, 0) is 10.2 Å². The molecule has 2 nitrogen and oxygen atoms in total. The van der Waals surface area contributed by atoms with Gasteiger partial charge in [-0.15, -0.1) is 0 Å². The summed E-state index contributed by atoms with van der Waals surface area (Å²) in [5.41, 5.74) is 8.21. The number of rotatable bonds is 4. The zero-order chi connectivity index (χ0) is 12.4. The molecule has 18 heavy (non-hydrogen) atoms. The van der Waals surface area contributed by atoms with Gasteiger partial charge in [-0.3, -0.25) is 0 Å². The van der Waals surface area contributed by atoms with Crippen LogP contribution < -0.4 is 5.73 Å². The molecule has 1 aliphatic carbocycles. The number of hydrogen-bond donors (Lipinski definition) is 1. The summed E-state index contributed by atoms with van der Waals surface area (Å²) in [4.78, 5) is 0. The maximum atomic E-state index is 6.55. The van der Waals surface area contributed by atoms with Crippen molar-refractivity contribution in [2.24, 2.45) is 5.73 Å². The van der Waals surface area contributed by atoms with E-state index in [9.17, 15) is 0 Å². The van der Waals surface area contributed by atoms with Gasteiger partial charge in [0.1, 0.15) is 0 Å². The molecule has 1 aliphatic heterocycles. The van der Waals surface area contributed by atoms with Crippen LogP contribution in [0.4, 0.5) is 0 Å². The first kappa shape index (κ1) is 12.2. The summed E-state index contributed by atoms with van der Waals surface area (Å²) in [7, 11) is 0. The predicted molar refractivity (Wildman–Crippen MR) is 73.5 cm³/mol. The molecule has 1 saturated carbocycles. The van der Waals surface area contributed by atoms with Crippen molar-refractivity contribution in [1.82, 2.24) is 0 Å². The largest absolute Gasteiger partial charge is 0.378 e. The van der Waals surface area contributed by atoms with E-state index in [-0.39, 0.29) is 11.5 Å². The van der Waals surface area contributed by atoms with Gasteiger partial charge in [0.15, 0.2) is 0 Å². The molecule has 1 heterocycles.